The van der Waals surface area contributed by atoms with E-state index in [2.05, 4.69) is 133 Å². The van der Waals surface area contributed by atoms with Crippen molar-refractivity contribution in [1.29, 1.82) is 0 Å². The molecule has 0 unspecified atom stereocenters. The first-order valence-electron chi connectivity index (χ1n) is 21.3. The molecule has 0 radical (unpaired) electrons. The van der Waals surface area contributed by atoms with Gasteiger partial charge in [0.1, 0.15) is 22.3 Å². The number of aromatic nitrogens is 3. The van der Waals surface area contributed by atoms with Crippen LogP contribution in [0.5, 0.6) is 0 Å². The molecule has 9 aromatic carbocycles. The summed E-state index contributed by atoms with van der Waals surface area (Å²) >= 11 is 0. The molecule has 5 heteroatoms. The first kappa shape index (κ1) is 34.3. The molecule has 14 rings (SSSR count). The maximum atomic E-state index is 7.15. The van der Waals surface area contributed by atoms with E-state index in [1.54, 1.807) is 0 Å². The van der Waals surface area contributed by atoms with Crippen LogP contribution in [-0.4, -0.2) is 15.0 Å². The van der Waals surface area contributed by atoms with E-state index in [1.807, 2.05) is 66.7 Å². The van der Waals surface area contributed by atoms with Crippen LogP contribution in [0.25, 0.3) is 111 Å². The summed E-state index contributed by atoms with van der Waals surface area (Å²) in [6.07, 6.45) is 0. The molecule has 0 aliphatic heterocycles. The standard InChI is InChI=1S/C58H33N3O2/c1-3-15-35(16-4-1)55-59-56(36-17-5-2-6-18-36)61-57(60-55)37-29-27-34(28-30-37)43-33-47-52(54-50(43)42-22-10-14-26-49(42)63-54)51-46(32-31-41-40-21-9-13-25-48(40)62-53(41)51)58(47)44-23-11-7-19-38(44)39-20-8-12-24-45(39)58/h1-33H. The van der Waals surface area contributed by atoms with Gasteiger partial charge in [-0.25, -0.2) is 15.0 Å². The lowest BCUT2D eigenvalue weighted by atomic mass is 9.70. The third-order valence-corrected chi connectivity index (χ3v) is 13.4. The van der Waals surface area contributed by atoms with Gasteiger partial charge in [0.2, 0.25) is 0 Å². The SMILES string of the molecule is c1ccc(-c2nc(-c3ccccc3)nc(-c3ccc(-c4cc5c(c6oc7ccccc7c46)-c4c(ccc6c4oc4ccccc46)C54c5ccccc5-c5ccccc54)cc3)n2)cc1. The molecule has 0 atom stereocenters. The smallest absolute Gasteiger partial charge is 0.164 e. The summed E-state index contributed by atoms with van der Waals surface area (Å²) in [5.41, 5.74) is 17.4. The molecule has 63 heavy (non-hydrogen) atoms. The van der Waals surface area contributed by atoms with Crippen LogP contribution < -0.4 is 0 Å². The van der Waals surface area contributed by atoms with Crippen molar-refractivity contribution in [3.63, 3.8) is 0 Å². The van der Waals surface area contributed by atoms with Crippen molar-refractivity contribution in [2.45, 2.75) is 5.41 Å². The predicted molar refractivity (Wildman–Crippen MR) is 252 cm³/mol. The highest BCUT2D eigenvalue weighted by molar-refractivity contribution is 6.22. The van der Waals surface area contributed by atoms with Crippen LogP contribution in [0.15, 0.2) is 209 Å². The highest BCUT2D eigenvalue weighted by atomic mass is 16.3. The first-order valence-corrected chi connectivity index (χ1v) is 21.3. The Kier molecular flexibility index (Phi) is 6.97. The quantitative estimate of drug-likeness (QED) is 0.177. The van der Waals surface area contributed by atoms with Gasteiger partial charge in [-0.2, -0.15) is 0 Å². The molecule has 292 valence electrons. The van der Waals surface area contributed by atoms with Crippen LogP contribution in [0.1, 0.15) is 22.3 Å². The van der Waals surface area contributed by atoms with Crippen LogP contribution >= 0.6 is 0 Å². The Bertz CT molecular complexity index is 3740. The fraction of sp³-hybridized carbons (Fsp3) is 0.0172. The topological polar surface area (TPSA) is 65.0 Å². The second-order valence-corrected chi connectivity index (χ2v) is 16.6. The fourth-order valence-corrected chi connectivity index (χ4v) is 10.7. The Hall–Kier alpha value is -8.41. The average Bonchev–Trinajstić information content (AvgIpc) is 4.10. The van der Waals surface area contributed by atoms with Crippen molar-refractivity contribution in [3.05, 3.63) is 222 Å². The second kappa shape index (κ2) is 12.8. The summed E-state index contributed by atoms with van der Waals surface area (Å²) in [4.78, 5) is 15.0. The summed E-state index contributed by atoms with van der Waals surface area (Å²) in [5, 5.41) is 4.34. The predicted octanol–water partition coefficient (Wildman–Crippen LogP) is 14.7. The summed E-state index contributed by atoms with van der Waals surface area (Å²) in [6, 6.07) is 70.6. The molecule has 3 aromatic heterocycles. The van der Waals surface area contributed by atoms with E-state index < -0.39 is 5.41 Å². The minimum absolute atomic E-state index is 0.616. The number of hydrogen-bond acceptors (Lipinski definition) is 5. The van der Waals surface area contributed by atoms with Gasteiger partial charge in [0.05, 0.1) is 5.41 Å². The van der Waals surface area contributed by atoms with Gasteiger partial charge >= 0.3 is 0 Å². The average molecular weight is 804 g/mol. The number of rotatable bonds is 4. The molecule has 12 aromatic rings. The zero-order valence-corrected chi connectivity index (χ0v) is 33.7. The minimum atomic E-state index is -0.626. The van der Waals surface area contributed by atoms with Crippen LogP contribution in [0.3, 0.4) is 0 Å². The van der Waals surface area contributed by atoms with Gasteiger partial charge in [-0.15, -0.1) is 0 Å². The van der Waals surface area contributed by atoms with Gasteiger partial charge < -0.3 is 8.83 Å². The number of furan rings is 2. The van der Waals surface area contributed by atoms with Crippen molar-refractivity contribution >= 4 is 43.9 Å². The van der Waals surface area contributed by atoms with Crippen LogP contribution in [0, 0.1) is 0 Å². The van der Waals surface area contributed by atoms with Crippen LogP contribution in [0.4, 0.5) is 0 Å². The summed E-state index contributed by atoms with van der Waals surface area (Å²) in [6.45, 7) is 0. The number of para-hydroxylation sites is 2. The molecule has 5 nitrogen and oxygen atoms in total. The lowest BCUT2D eigenvalue weighted by Crippen LogP contribution is -2.25. The van der Waals surface area contributed by atoms with Gasteiger partial charge in [0.25, 0.3) is 0 Å². The van der Waals surface area contributed by atoms with Gasteiger partial charge in [0, 0.05) is 49.4 Å². The number of benzene rings is 9. The van der Waals surface area contributed by atoms with Gasteiger partial charge in [0.15, 0.2) is 17.5 Å². The van der Waals surface area contributed by atoms with E-state index in [9.17, 15) is 0 Å². The Balaban J connectivity index is 1.05. The molecule has 3 heterocycles. The van der Waals surface area contributed by atoms with E-state index in [0.717, 1.165) is 82.8 Å². The molecule has 0 saturated carbocycles. The Morgan fingerprint density at radius 2 is 0.794 bits per heavy atom. The highest BCUT2D eigenvalue weighted by Crippen LogP contribution is 2.66. The molecule has 0 N–H and O–H groups in total. The van der Waals surface area contributed by atoms with Crippen molar-refractivity contribution in [1.82, 2.24) is 15.0 Å². The molecular formula is C58H33N3O2. The molecular weight excluding hydrogens is 771 g/mol. The van der Waals surface area contributed by atoms with Crippen molar-refractivity contribution < 1.29 is 8.83 Å². The molecule has 0 bridgehead atoms. The third-order valence-electron chi connectivity index (χ3n) is 13.4. The minimum Gasteiger partial charge on any atom is -0.455 e. The zero-order chi connectivity index (χ0) is 41.2. The molecule has 0 saturated heterocycles. The zero-order valence-electron chi connectivity index (χ0n) is 33.7. The van der Waals surface area contributed by atoms with Gasteiger partial charge in [-0.3, -0.25) is 0 Å². The van der Waals surface area contributed by atoms with Crippen LogP contribution in [-0.2, 0) is 5.41 Å². The van der Waals surface area contributed by atoms with Crippen molar-refractivity contribution in [2.24, 2.45) is 0 Å². The molecule has 1 spiro atoms. The lowest BCUT2D eigenvalue weighted by Gasteiger charge is -2.30. The maximum absolute atomic E-state index is 7.15. The van der Waals surface area contributed by atoms with Gasteiger partial charge in [-0.05, 0) is 62.7 Å². The van der Waals surface area contributed by atoms with Crippen molar-refractivity contribution in [2.75, 3.05) is 0 Å². The second-order valence-electron chi connectivity index (χ2n) is 16.6. The third kappa shape index (κ3) is 4.68. The van der Waals surface area contributed by atoms with Crippen LogP contribution in [0.2, 0.25) is 0 Å². The molecule has 2 aliphatic carbocycles. The molecule has 0 fully saturated rings. The summed E-state index contributed by atoms with van der Waals surface area (Å²) in [7, 11) is 0. The monoisotopic (exact) mass is 803 g/mol. The number of hydrogen-bond donors (Lipinski definition) is 0. The van der Waals surface area contributed by atoms with E-state index in [1.165, 1.54) is 33.4 Å². The summed E-state index contributed by atoms with van der Waals surface area (Å²) in [5.74, 6) is 1.88. The maximum Gasteiger partial charge on any atom is 0.164 e. The lowest BCUT2D eigenvalue weighted by molar-refractivity contribution is 0.665. The largest absolute Gasteiger partial charge is 0.455 e. The first-order chi connectivity index (χ1) is 31.2. The van der Waals surface area contributed by atoms with E-state index in [-0.39, 0.29) is 0 Å². The number of nitrogens with zero attached hydrogens (tertiary/aromatic N) is 3. The van der Waals surface area contributed by atoms with Crippen molar-refractivity contribution in [3.8, 4) is 67.5 Å². The molecule has 0 amide bonds. The van der Waals surface area contributed by atoms with E-state index >= 15 is 0 Å². The van der Waals surface area contributed by atoms with E-state index in [0.29, 0.717) is 17.5 Å². The Morgan fingerprint density at radius 3 is 1.43 bits per heavy atom. The van der Waals surface area contributed by atoms with Gasteiger partial charge in [-0.1, -0.05) is 182 Å². The Morgan fingerprint density at radius 1 is 0.317 bits per heavy atom. The number of fused-ring (bicyclic) bond motifs is 18. The Labute approximate surface area is 361 Å². The normalized spacial score (nSPS) is 13.2. The molecule has 2 aliphatic rings. The van der Waals surface area contributed by atoms with E-state index in [4.69, 9.17) is 23.8 Å². The fourth-order valence-electron chi connectivity index (χ4n) is 10.7. The highest BCUT2D eigenvalue weighted by Gasteiger charge is 2.54. The summed E-state index contributed by atoms with van der Waals surface area (Å²) < 4.78 is 14.1.